The number of rotatable bonds is 6. The number of aryl methyl sites for hydroxylation is 1. The Balaban J connectivity index is 1.74. The summed E-state index contributed by atoms with van der Waals surface area (Å²) in [5.74, 6) is -0.452. The number of nitrogens with one attached hydrogen (secondary N) is 2. The predicted molar refractivity (Wildman–Crippen MR) is 106 cm³/mol. The summed E-state index contributed by atoms with van der Waals surface area (Å²) in [5, 5.41) is 20.4. The molecule has 0 saturated carbocycles. The second-order valence-electron chi connectivity index (χ2n) is 6.27. The molecule has 0 fully saturated rings. The summed E-state index contributed by atoms with van der Waals surface area (Å²) in [6, 6.07) is 13.4. The summed E-state index contributed by atoms with van der Waals surface area (Å²) in [5.41, 5.74) is 3.89. The maximum absolute atomic E-state index is 11.2. The van der Waals surface area contributed by atoms with Crippen molar-refractivity contribution in [2.45, 2.75) is 5.16 Å². The van der Waals surface area contributed by atoms with Crippen LogP contribution in [0.1, 0.15) is 0 Å². The van der Waals surface area contributed by atoms with Crippen molar-refractivity contribution in [3.05, 3.63) is 53.6 Å². The molecule has 2 aromatic heterocycles. The fourth-order valence-corrected chi connectivity index (χ4v) is 3.57. The fraction of sp³-hybridized carbons (Fsp3) is 0.105. The largest absolute Gasteiger partial charge is 0.481 e. The smallest absolute Gasteiger partial charge is 0.335 e. The average Bonchev–Trinajstić information content (AvgIpc) is 3.33. The Hall–Kier alpha value is -3.46. The number of nitroso groups, excluding NO2 is 1. The van der Waals surface area contributed by atoms with Crippen LogP contribution in [0, 0.1) is 4.91 Å². The number of aromatic amines is 2. The highest BCUT2D eigenvalue weighted by molar-refractivity contribution is 7.99. The number of carboxylic acid groups (broad SMARTS) is 1. The number of aromatic nitrogens is 4. The summed E-state index contributed by atoms with van der Waals surface area (Å²) in [7, 11) is 1.98. The van der Waals surface area contributed by atoms with Crippen LogP contribution in [0.5, 0.6) is 0 Å². The molecule has 0 aliphatic carbocycles. The summed E-state index contributed by atoms with van der Waals surface area (Å²) in [6.07, 6.45) is 2.00. The van der Waals surface area contributed by atoms with Gasteiger partial charge < -0.3 is 9.67 Å². The highest BCUT2D eigenvalue weighted by atomic mass is 32.2. The molecule has 9 heteroatoms. The quantitative estimate of drug-likeness (QED) is 0.383. The van der Waals surface area contributed by atoms with E-state index in [0.29, 0.717) is 22.2 Å². The zero-order chi connectivity index (χ0) is 19.7. The minimum Gasteiger partial charge on any atom is -0.481 e. The minimum absolute atomic E-state index is 0.0986. The molecule has 0 unspecified atom stereocenters. The van der Waals surface area contributed by atoms with E-state index < -0.39 is 5.97 Å². The summed E-state index contributed by atoms with van der Waals surface area (Å²) < 4.78 is 2.04. The van der Waals surface area contributed by atoms with Crippen LogP contribution in [0.15, 0.2) is 59.0 Å². The fourth-order valence-electron chi connectivity index (χ4n) is 3.02. The molecule has 3 N–H and O–H groups in total. The molecular formula is C19H16N5O3S+. The molecule has 2 aromatic carbocycles. The number of nitrogens with zero attached hydrogens (tertiary/aromatic N) is 3. The van der Waals surface area contributed by atoms with Gasteiger partial charge in [-0.25, -0.2) is 4.98 Å². The van der Waals surface area contributed by atoms with Gasteiger partial charge in [-0.05, 0) is 63.8 Å². The minimum atomic E-state index is -0.923. The van der Waals surface area contributed by atoms with E-state index in [0.717, 1.165) is 33.8 Å². The molecule has 0 bridgehead atoms. The molecule has 0 spiro atoms. The topological polar surface area (TPSA) is 114 Å². The van der Waals surface area contributed by atoms with Crippen molar-refractivity contribution < 1.29 is 14.9 Å². The maximum atomic E-state index is 11.2. The normalized spacial score (nSPS) is 11.0. The number of hydrogen-bond acceptors (Lipinski definition) is 5. The number of carbonyl (C=O) groups is 1. The first kappa shape index (κ1) is 17.9. The van der Waals surface area contributed by atoms with Crippen molar-refractivity contribution in [3.8, 4) is 22.5 Å². The van der Waals surface area contributed by atoms with Gasteiger partial charge in [-0.3, -0.25) is 4.79 Å². The van der Waals surface area contributed by atoms with Crippen LogP contribution in [0.3, 0.4) is 0 Å². The molecule has 0 atom stereocenters. The molecule has 2 heterocycles. The van der Waals surface area contributed by atoms with Gasteiger partial charge in [0.1, 0.15) is 11.4 Å². The Kier molecular flexibility index (Phi) is 4.66. The second kappa shape index (κ2) is 7.28. The monoisotopic (exact) mass is 394 g/mol. The molecule has 140 valence electrons. The third-order valence-corrected chi connectivity index (χ3v) is 5.22. The lowest BCUT2D eigenvalue weighted by Crippen LogP contribution is -2.07. The van der Waals surface area contributed by atoms with Gasteiger partial charge in [0.2, 0.25) is 0 Å². The number of H-pyrrole nitrogens is 2. The van der Waals surface area contributed by atoms with E-state index in [9.17, 15) is 9.70 Å². The molecule has 28 heavy (non-hydrogen) atoms. The zero-order valence-corrected chi connectivity index (χ0v) is 15.7. The molecule has 0 radical (unpaired) electrons. The van der Waals surface area contributed by atoms with Gasteiger partial charge >= 0.3 is 11.1 Å². The highest BCUT2D eigenvalue weighted by Crippen LogP contribution is 2.31. The van der Waals surface area contributed by atoms with Gasteiger partial charge in [0.05, 0.1) is 10.7 Å². The number of carboxylic acids is 1. The van der Waals surface area contributed by atoms with Crippen molar-refractivity contribution in [3.63, 3.8) is 0 Å². The Morgan fingerprint density at radius 1 is 1.21 bits per heavy atom. The van der Waals surface area contributed by atoms with Crippen LogP contribution in [0.25, 0.3) is 33.4 Å². The molecule has 0 aliphatic heterocycles. The molecule has 0 saturated heterocycles. The summed E-state index contributed by atoms with van der Waals surface area (Å²) >= 11 is 1.07. The first-order chi connectivity index (χ1) is 13.5. The van der Waals surface area contributed by atoms with Gasteiger partial charge in [-0.2, -0.15) is 0 Å². The van der Waals surface area contributed by atoms with Crippen LogP contribution >= 0.6 is 11.8 Å². The number of thioether (sulfide) groups is 1. The molecular weight excluding hydrogens is 378 g/mol. The number of aliphatic carboxylic acids is 1. The molecule has 8 nitrogen and oxygen atoms in total. The van der Waals surface area contributed by atoms with E-state index in [1.807, 2.05) is 42.1 Å². The van der Waals surface area contributed by atoms with Crippen LogP contribution in [0.4, 0.5) is 5.69 Å². The van der Waals surface area contributed by atoms with Crippen LogP contribution in [-0.2, 0) is 11.8 Å². The number of hydrogen-bond donors (Lipinski definition) is 2. The van der Waals surface area contributed by atoms with Crippen LogP contribution in [-0.4, -0.2) is 31.6 Å². The van der Waals surface area contributed by atoms with E-state index in [1.54, 1.807) is 12.1 Å². The third kappa shape index (κ3) is 3.52. The van der Waals surface area contributed by atoms with E-state index in [2.05, 4.69) is 26.4 Å². The van der Waals surface area contributed by atoms with Crippen molar-refractivity contribution >= 4 is 34.3 Å². The maximum Gasteiger partial charge on any atom is 0.335 e. The Labute approximate surface area is 163 Å². The molecule has 0 aliphatic rings. The van der Waals surface area contributed by atoms with Crippen molar-refractivity contribution in [2.24, 2.45) is 12.2 Å². The van der Waals surface area contributed by atoms with Gasteiger partial charge in [0, 0.05) is 18.8 Å². The first-order valence-corrected chi connectivity index (χ1v) is 9.38. The summed E-state index contributed by atoms with van der Waals surface area (Å²) in [6.45, 7) is 0. The van der Waals surface area contributed by atoms with Gasteiger partial charge in [-0.1, -0.05) is 12.1 Å². The Morgan fingerprint density at radius 3 is 2.82 bits per heavy atom. The lowest BCUT2D eigenvalue weighted by Gasteiger charge is -2.06. The number of benzene rings is 2. The zero-order valence-electron chi connectivity index (χ0n) is 14.8. The van der Waals surface area contributed by atoms with Crippen molar-refractivity contribution in [2.75, 3.05) is 5.75 Å². The first-order valence-electron chi connectivity index (χ1n) is 8.40. The Morgan fingerprint density at radius 2 is 2.04 bits per heavy atom. The van der Waals surface area contributed by atoms with Crippen molar-refractivity contribution in [1.29, 1.82) is 0 Å². The van der Waals surface area contributed by atoms with Gasteiger partial charge in [-0.15, -0.1) is 10.0 Å². The summed E-state index contributed by atoms with van der Waals surface area (Å²) in [4.78, 5) is 25.0. The number of fused-ring (bicyclic) bond motifs is 1. The lowest BCUT2D eigenvalue weighted by atomic mass is 10.0. The highest BCUT2D eigenvalue weighted by Gasteiger charge is 2.16. The van der Waals surface area contributed by atoms with Crippen molar-refractivity contribution in [1.82, 2.24) is 14.8 Å². The lowest BCUT2D eigenvalue weighted by molar-refractivity contribution is -0.414. The van der Waals surface area contributed by atoms with Gasteiger partial charge in [0.25, 0.3) is 5.82 Å². The van der Waals surface area contributed by atoms with Gasteiger partial charge in [0.15, 0.2) is 0 Å². The SMILES string of the molecule is Cn1ccc2ccc(-c3cc(N=O)cc(-c4[nH]nc(SCC(=O)O)[nH+]4)c3)cc21. The standard InChI is InChI=1S/C19H15N5O3S/c1-24-5-4-11-2-3-12(9-16(11)24)13-6-14(8-15(7-13)23-27)18-20-19(22-21-18)28-10-17(25)26/h2-9H,10H2,1H3,(H,25,26)(H,20,21,22)/p+1. The molecule has 0 amide bonds. The second-order valence-corrected chi connectivity index (χ2v) is 7.24. The average molecular weight is 394 g/mol. The molecule has 4 rings (SSSR count). The van der Waals surface area contributed by atoms with E-state index in [-0.39, 0.29) is 5.75 Å². The van der Waals surface area contributed by atoms with E-state index in [1.165, 1.54) is 0 Å². The van der Waals surface area contributed by atoms with Crippen LogP contribution < -0.4 is 4.98 Å². The predicted octanol–water partition coefficient (Wildman–Crippen LogP) is 3.62. The van der Waals surface area contributed by atoms with E-state index in [4.69, 9.17) is 5.11 Å². The Bertz CT molecular complexity index is 1200. The molecule has 4 aromatic rings. The van der Waals surface area contributed by atoms with Crippen LogP contribution in [0.2, 0.25) is 0 Å². The van der Waals surface area contributed by atoms with E-state index >= 15 is 0 Å². The third-order valence-electron chi connectivity index (χ3n) is 4.37.